The average molecular weight is 300 g/mol. The van der Waals surface area contributed by atoms with Crippen molar-refractivity contribution in [2.75, 3.05) is 32.8 Å². The van der Waals surface area contributed by atoms with Crippen LogP contribution in [0.2, 0.25) is 0 Å². The monoisotopic (exact) mass is 300 g/mol. The Morgan fingerprint density at radius 1 is 1.20 bits per heavy atom. The van der Waals surface area contributed by atoms with Crippen molar-refractivity contribution >= 4 is 13.4 Å². The van der Waals surface area contributed by atoms with Gasteiger partial charge in [0, 0.05) is 25.0 Å². The van der Waals surface area contributed by atoms with Gasteiger partial charge in [-0.05, 0) is 19.3 Å². The molecule has 3 aliphatic heterocycles. The second-order valence-electron chi connectivity index (χ2n) is 6.84. The predicted octanol–water partition coefficient (Wildman–Crippen LogP) is 2.91. The average Bonchev–Trinajstić information content (AvgIpc) is 2.65. The van der Waals surface area contributed by atoms with Crippen LogP contribution in [-0.2, 0) is 13.6 Å². The van der Waals surface area contributed by atoms with Gasteiger partial charge in [-0.1, -0.05) is 20.3 Å². The van der Waals surface area contributed by atoms with Gasteiger partial charge in [0.1, 0.15) is 11.5 Å². The Morgan fingerprint density at radius 2 is 1.90 bits per heavy atom. The largest absolute Gasteiger partial charge is 0.360 e. The highest BCUT2D eigenvalue weighted by atomic mass is 31.2. The van der Waals surface area contributed by atoms with Gasteiger partial charge in [0.05, 0.1) is 13.2 Å². The molecule has 0 aliphatic carbocycles. The van der Waals surface area contributed by atoms with E-state index in [1.807, 2.05) is 0 Å². The molecule has 2 fully saturated rings. The van der Waals surface area contributed by atoms with E-state index < -0.39 is 7.60 Å². The van der Waals surface area contributed by atoms with Crippen molar-refractivity contribution in [1.29, 1.82) is 0 Å². The Balaban J connectivity index is 1.83. The molecular formula is C14H25N2O3P. The van der Waals surface area contributed by atoms with Crippen molar-refractivity contribution in [1.82, 2.24) is 4.90 Å². The van der Waals surface area contributed by atoms with Crippen molar-refractivity contribution < 1.29 is 13.6 Å². The first kappa shape index (κ1) is 14.6. The summed E-state index contributed by atoms with van der Waals surface area (Å²) in [5.74, 6) is 0.983. The van der Waals surface area contributed by atoms with Crippen LogP contribution in [0.5, 0.6) is 0 Å². The van der Waals surface area contributed by atoms with Gasteiger partial charge in [0.2, 0.25) is 0 Å². The molecule has 0 bridgehead atoms. The van der Waals surface area contributed by atoms with Gasteiger partial charge in [-0.3, -0.25) is 9.56 Å². The van der Waals surface area contributed by atoms with E-state index in [0.717, 1.165) is 51.2 Å². The molecule has 3 rings (SSSR count). The number of rotatable bonds is 1. The van der Waals surface area contributed by atoms with Crippen LogP contribution in [0.3, 0.4) is 0 Å². The molecule has 0 saturated carbocycles. The third kappa shape index (κ3) is 2.81. The van der Waals surface area contributed by atoms with Gasteiger partial charge < -0.3 is 13.9 Å². The molecule has 1 unspecified atom stereocenters. The van der Waals surface area contributed by atoms with Crippen molar-refractivity contribution in [3.8, 4) is 0 Å². The van der Waals surface area contributed by atoms with Crippen LogP contribution in [0.15, 0.2) is 4.99 Å². The summed E-state index contributed by atoms with van der Waals surface area (Å²) < 4.78 is 24.6. The Morgan fingerprint density at radius 3 is 2.65 bits per heavy atom. The number of amidine groups is 1. The second-order valence-corrected chi connectivity index (χ2v) is 9.06. The van der Waals surface area contributed by atoms with Crippen LogP contribution in [0, 0.1) is 5.41 Å². The third-order valence-electron chi connectivity index (χ3n) is 4.29. The van der Waals surface area contributed by atoms with E-state index in [1.54, 1.807) is 0 Å². The van der Waals surface area contributed by atoms with Crippen molar-refractivity contribution in [2.45, 2.75) is 45.2 Å². The molecule has 20 heavy (non-hydrogen) atoms. The summed E-state index contributed by atoms with van der Waals surface area (Å²) in [6, 6.07) is 0. The topological polar surface area (TPSA) is 51.1 Å². The molecule has 114 valence electrons. The zero-order chi connectivity index (χ0) is 14.2. The lowest BCUT2D eigenvalue weighted by atomic mass is 9.97. The molecular weight excluding hydrogens is 275 g/mol. The molecule has 0 radical (unpaired) electrons. The maximum atomic E-state index is 13.1. The maximum Gasteiger partial charge on any atom is 0.341 e. The molecule has 3 heterocycles. The van der Waals surface area contributed by atoms with Crippen molar-refractivity contribution in [3.05, 3.63) is 0 Å². The first-order valence-corrected chi connectivity index (χ1v) is 9.30. The fraction of sp³-hybridized carbons (Fsp3) is 0.929. The van der Waals surface area contributed by atoms with Crippen LogP contribution < -0.4 is 0 Å². The number of nitrogens with zero attached hydrogens (tertiary/aromatic N) is 2. The van der Waals surface area contributed by atoms with Gasteiger partial charge in [-0.15, -0.1) is 0 Å². The zero-order valence-electron chi connectivity index (χ0n) is 12.5. The molecule has 3 aliphatic rings. The van der Waals surface area contributed by atoms with E-state index in [0.29, 0.717) is 13.2 Å². The lowest BCUT2D eigenvalue weighted by Gasteiger charge is -2.39. The minimum atomic E-state index is -3.06. The van der Waals surface area contributed by atoms with Gasteiger partial charge in [-0.25, -0.2) is 0 Å². The summed E-state index contributed by atoms with van der Waals surface area (Å²) >= 11 is 0. The molecule has 1 atom stereocenters. The molecule has 0 aromatic heterocycles. The molecule has 2 saturated heterocycles. The second kappa shape index (κ2) is 5.43. The Labute approximate surface area is 121 Å². The lowest BCUT2D eigenvalue weighted by Crippen LogP contribution is -2.43. The third-order valence-corrected chi connectivity index (χ3v) is 6.52. The van der Waals surface area contributed by atoms with Crippen LogP contribution in [-0.4, -0.2) is 49.2 Å². The lowest BCUT2D eigenvalue weighted by molar-refractivity contribution is 0.0395. The van der Waals surface area contributed by atoms with E-state index in [9.17, 15) is 4.57 Å². The highest BCUT2D eigenvalue weighted by Crippen LogP contribution is 2.59. The summed E-state index contributed by atoms with van der Waals surface area (Å²) in [4.78, 5) is 6.96. The minimum Gasteiger partial charge on any atom is -0.360 e. The van der Waals surface area contributed by atoms with E-state index in [-0.39, 0.29) is 11.1 Å². The van der Waals surface area contributed by atoms with Crippen LogP contribution in [0.4, 0.5) is 0 Å². The van der Waals surface area contributed by atoms with Gasteiger partial charge in [0.15, 0.2) is 0 Å². The normalized spacial score (nSPS) is 33.0. The van der Waals surface area contributed by atoms with Crippen LogP contribution in [0.1, 0.15) is 39.5 Å². The molecule has 6 heteroatoms. The zero-order valence-corrected chi connectivity index (χ0v) is 13.4. The number of aliphatic imine (C=N–C) groups is 1. The molecule has 5 nitrogen and oxygen atoms in total. The van der Waals surface area contributed by atoms with E-state index in [2.05, 4.69) is 23.7 Å². The van der Waals surface area contributed by atoms with Gasteiger partial charge in [0.25, 0.3) is 0 Å². The summed E-state index contributed by atoms with van der Waals surface area (Å²) in [5, 5.41) is 0. The quantitative estimate of drug-likeness (QED) is 0.699. The number of hydrogen-bond acceptors (Lipinski definition) is 5. The summed E-state index contributed by atoms with van der Waals surface area (Å²) in [6.45, 7) is 8.07. The van der Waals surface area contributed by atoms with Crippen LogP contribution >= 0.6 is 7.60 Å². The summed E-state index contributed by atoms with van der Waals surface area (Å²) in [7, 11) is -3.06. The fourth-order valence-electron chi connectivity index (χ4n) is 3.07. The summed E-state index contributed by atoms with van der Waals surface area (Å²) in [5.41, 5.74) is -0.200. The SMILES string of the molecule is CC1(C)COP(=O)(C2CCCCN3CCCN=C23)OC1. The number of hydrogen-bond donors (Lipinski definition) is 0. The standard InChI is InChI=1S/C14H25N2O3P/c1-14(2)10-18-20(17,19-11-14)12-6-3-4-8-16-9-5-7-15-13(12)16/h12H,3-11H2,1-2H3. The smallest absolute Gasteiger partial charge is 0.341 e. The highest BCUT2D eigenvalue weighted by molar-refractivity contribution is 7.55. The summed E-state index contributed by atoms with van der Waals surface area (Å²) in [6.07, 6.45) is 4.17. The van der Waals surface area contributed by atoms with Gasteiger partial charge >= 0.3 is 7.60 Å². The molecule has 0 amide bonds. The molecule has 0 aromatic rings. The van der Waals surface area contributed by atoms with E-state index in [4.69, 9.17) is 9.05 Å². The Hall–Kier alpha value is -0.380. The minimum absolute atomic E-state index is 0.0489. The van der Waals surface area contributed by atoms with Crippen molar-refractivity contribution in [3.63, 3.8) is 0 Å². The first-order chi connectivity index (χ1) is 9.50. The number of fused-ring (bicyclic) bond motifs is 1. The van der Waals surface area contributed by atoms with E-state index >= 15 is 0 Å². The Bertz CT molecular complexity index is 436. The first-order valence-electron chi connectivity index (χ1n) is 7.68. The molecule has 0 spiro atoms. The Kier molecular flexibility index (Phi) is 3.95. The highest BCUT2D eigenvalue weighted by Gasteiger charge is 2.47. The predicted molar refractivity (Wildman–Crippen MR) is 79.4 cm³/mol. The fourth-order valence-corrected chi connectivity index (χ4v) is 5.59. The van der Waals surface area contributed by atoms with E-state index in [1.165, 1.54) is 0 Å². The van der Waals surface area contributed by atoms with Crippen molar-refractivity contribution in [2.24, 2.45) is 10.4 Å². The molecule has 0 aromatic carbocycles. The maximum absolute atomic E-state index is 13.1. The van der Waals surface area contributed by atoms with Gasteiger partial charge in [-0.2, -0.15) is 0 Å². The molecule has 0 N–H and O–H groups in total. The van der Waals surface area contributed by atoms with Crippen LogP contribution in [0.25, 0.3) is 0 Å².